The molecule has 0 aliphatic carbocycles. The van der Waals surface area contributed by atoms with Crippen LogP contribution in [-0.4, -0.2) is 18.6 Å². The molecule has 0 N–H and O–H groups in total. The molecular weight excluding hydrogens is 128 g/mol. The lowest BCUT2D eigenvalue weighted by Crippen LogP contribution is -2.13. The van der Waals surface area contributed by atoms with Crippen molar-refractivity contribution in [2.24, 2.45) is 0 Å². The summed E-state index contributed by atoms with van der Waals surface area (Å²) in [5, 5.41) is 0. The van der Waals surface area contributed by atoms with Gasteiger partial charge in [-0.25, -0.2) is 4.39 Å². The highest BCUT2D eigenvalue weighted by molar-refractivity contribution is 4.92. The minimum absolute atomic E-state index is 1.79. The summed E-state index contributed by atoms with van der Waals surface area (Å²) in [6.07, 6.45) is -3.89. The first kappa shape index (κ1) is 5.81. The van der Waals surface area contributed by atoms with Crippen LogP contribution < -0.4 is 0 Å². The van der Waals surface area contributed by atoms with Gasteiger partial charge in [-0.3, -0.25) is 4.74 Å². The van der Waals surface area contributed by atoms with E-state index in [4.69, 9.17) is 0 Å². The smallest absolute Gasteiger partial charge is 0.268 e. The van der Waals surface area contributed by atoms with Gasteiger partial charge in [-0.1, -0.05) is 0 Å². The van der Waals surface area contributed by atoms with Crippen molar-refractivity contribution in [3.8, 4) is 0 Å². The van der Waals surface area contributed by atoms with Gasteiger partial charge in [-0.2, -0.15) is 13.2 Å². The summed E-state index contributed by atoms with van der Waals surface area (Å²) in [4.78, 5) is 0. The maximum Gasteiger partial charge on any atom is 0.420 e. The Morgan fingerprint density at radius 2 is 1.62 bits per heavy atom. The van der Waals surface area contributed by atoms with Gasteiger partial charge >= 0.3 is 12.0 Å². The highest BCUT2D eigenvalue weighted by atomic mass is 19.3. The summed E-state index contributed by atoms with van der Waals surface area (Å²) < 4.78 is 48.5. The molecule has 1 nitrogen and oxygen atoms in total. The fourth-order valence-electron chi connectivity index (χ4n) is 0.283. The third-order valence-electron chi connectivity index (χ3n) is 0.855. The number of alkyl halides is 4. The third-order valence-corrected chi connectivity index (χ3v) is 0.855. The van der Waals surface area contributed by atoms with Crippen LogP contribution in [0, 0.1) is 0 Å². The number of epoxide rings is 1. The molecular formula is C3H2F4O. The number of hydrogen-bond acceptors (Lipinski definition) is 1. The van der Waals surface area contributed by atoms with Gasteiger partial charge < -0.3 is 0 Å². The Hall–Kier alpha value is -0.320. The summed E-state index contributed by atoms with van der Waals surface area (Å²) in [5.74, 6) is -3.31. The molecule has 0 amide bonds. The quantitative estimate of drug-likeness (QED) is 0.384. The Labute approximate surface area is 42.2 Å². The molecule has 5 heteroatoms. The van der Waals surface area contributed by atoms with Gasteiger partial charge in [0.1, 0.15) is 0 Å². The standard InChI is InChI=1S/C3H2F4O/c4-1-2(5)3(6,7)8-2/h1H2. The first-order chi connectivity index (χ1) is 3.52. The van der Waals surface area contributed by atoms with E-state index in [-0.39, 0.29) is 0 Å². The second-order valence-electron chi connectivity index (χ2n) is 1.48. The molecule has 1 heterocycles. The Morgan fingerprint density at radius 1 is 1.25 bits per heavy atom. The lowest BCUT2D eigenvalue weighted by Gasteiger charge is -1.87. The van der Waals surface area contributed by atoms with Gasteiger partial charge in [-0.15, -0.1) is 0 Å². The summed E-state index contributed by atoms with van der Waals surface area (Å²) in [6.45, 7) is -1.79. The lowest BCUT2D eigenvalue weighted by molar-refractivity contribution is -0.00247. The third kappa shape index (κ3) is 0.506. The Morgan fingerprint density at radius 3 is 1.62 bits per heavy atom. The lowest BCUT2D eigenvalue weighted by atomic mass is 10.4. The van der Waals surface area contributed by atoms with Crippen molar-refractivity contribution in [3.05, 3.63) is 0 Å². The minimum atomic E-state index is -3.89. The number of halogens is 4. The first-order valence-corrected chi connectivity index (χ1v) is 1.85. The molecule has 0 saturated carbocycles. The average Bonchev–Trinajstić information content (AvgIpc) is 2.10. The Kier molecular flexibility index (Phi) is 0.836. The van der Waals surface area contributed by atoms with Crippen LogP contribution in [0.3, 0.4) is 0 Å². The van der Waals surface area contributed by atoms with Crippen LogP contribution in [0.5, 0.6) is 0 Å². The maximum atomic E-state index is 11.7. The molecule has 0 aromatic carbocycles. The Balaban J connectivity index is 2.55. The molecule has 0 spiro atoms. The van der Waals surface area contributed by atoms with Crippen molar-refractivity contribution in [3.63, 3.8) is 0 Å². The van der Waals surface area contributed by atoms with E-state index in [1.165, 1.54) is 0 Å². The SMILES string of the molecule is FCC1(F)OC1(F)F. The fourth-order valence-corrected chi connectivity index (χ4v) is 0.283. The van der Waals surface area contributed by atoms with E-state index in [0.717, 1.165) is 0 Å². The van der Waals surface area contributed by atoms with E-state index >= 15 is 0 Å². The zero-order chi connectivity index (χ0) is 6.41. The van der Waals surface area contributed by atoms with Crippen molar-refractivity contribution >= 4 is 0 Å². The molecule has 48 valence electrons. The van der Waals surface area contributed by atoms with Crippen molar-refractivity contribution in [1.82, 2.24) is 0 Å². The monoisotopic (exact) mass is 130 g/mol. The van der Waals surface area contributed by atoms with Gasteiger partial charge in [0.05, 0.1) is 0 Å². The van der Waals surface area contributed by atoms with Gasteiger partial charge in [-0.05, 0) is 0 Å². The van der Waals surface area contributed by atoms with E-state index in [1.807, 2.05) is 0 Å². The topological polar surface area (TPSA) is 12.5 Å². The molecule has 1 atom stereocenters. The van der Waals surface area contributed by atoms with Crippen LogP contribution in [0.25, 0.3) is 0 Å². The molecule has 1 rings (SSSR count). The molecule has 0 aromatic rings. The van der Waals surface area contributed by atoms with Gasteiger partial charge in [0.2, 0.25) is 0 Å². The first-order valence-electron chi connectivity index (χ1n) is 1.85. The maximum absolute atomic E-state index is 11.7. The van der Waals surface area contributed by atoms with Gasteiger partial charge in [0.15, 0.2) is 6.67 Å². The fraction of sp³-hybridized carbons (Fsp3) is 1.00. The van der Waals surface area contributed by atoms with E-state index in [1.54, 1.807) is 0 Å². The minimum Gasteiger partial charge on any atom is -0.268 e. The number of hydrogen-bond donors (Lipinski definition) is 0. The van der Waals surface area contributed by atoms with Crippen molar-refractivity contribution in [2.45, 2.75) is 12.0 Å². The van der Waals surface area contributed by atoms with E-state index in [0.29, 0.717) is 0 Å². The normalized spacial score (nSPS) is 42.0. The zero-order valence-electron chi connectivity index (χ0n) is 3.63. The van der Waals surface area contributed by atoms with Crippen LogP contribution in [0.4, 0.5) is 17.6 Å². The molecule has 0 radical (unpaired) electrons. The number of ether oxygens (including phenoxy) is 1. The van der Waals surface area contributed by atoms with E-state index in [9.17, 15) is 17.6 Å². The molecule has 1 unspecified atom stereocenters. The van der Waals surface area contributed by atoms with Gasteiger partial charge in [0, 0.05) is 0 Å². The van der Waals surface area contributed by atoms with E-state index < -0.39 is 18.6 Å². The van der Waals surface area contributed by atoms with Crippen molar-refractivity contribution in [2.75, 3.05) is 6.67 Å². The largest absolute Gasteiger partial charge is 0.420 e. The van der Waals surface area contributed by atoms with Crippen LogP contribution in [-0.2, 0) is 4.74 Å². The van der Waals surface area contributed by atoms with E-state index in [2.05, 4.69) is 4.74 Å². The average molecular weight is 130 g/mol. The number of rotatable bonds is 1. The second-order valence-corrected chi connectivity index (χ2v) is 1.48. The molecule has 8 heavy (non-hydrogen) atoms. The molecule has 0 bridgehead atoms. The summed E-state index contributed by atoms with van der Waals surface area (Å²) in [6, 6.07) is 0. The molecule has 1 aliphatic heterocycles. The van der Waals surface area contributed by atoms with Crippen LogP contribution in [0.2, 0.25) is 0 Å². The predicted octanol–water partition coefficient (Wildman–Crippen LogP) is 1.24. The summed E-state index contributed by atoms with van der Waals surface area (Å²) in [5.41, 5.74) is 0. The summed E-state index contributed by atoms with van der Waals surface area (Å²) in [7, 11) is 0. The van der Waals surface area contributed by atoms with Gasteiger partial charge in [0.25, 0.3) is 0 Å². The molecule has 1 saturated heterocycles. The summed E-state index contributed by atoms with van der Waals surface area (Å²) >= 11 is 0. The second kappa shape index (κ2) is 1.15. The van der Waals surface area contributed by atoms with Crippen LogP contribution in [0.1, 0.15) is 0 Å². The Bertz CT molecular complexity index is 114. The van der Waals surface area contributed by atoms with Crippen LogP contribution >= 0.6 is 0 Å². The highest BCUT2D eigenvalue weighted by Gasteiger charge is 2.77. The predicted molar refractivity (Wildman–Crippen MR) is 15.8 cm³/mol. The van der Waals surface area contributed by atoms with Crippen LogP contribution in [0.15, 0.2) is 0 Å². The van der Waals surface area contributed by atoms with Crippen molar-refractivity contribution < 1.29 is 22.3 Å². The highest BCUT2D eigenvalue weighted by Crippen LogP contribution is 2.51. The molecule has 1 fully saturated rings. The molecule has 1 aliphatic rings. The zero-order valence-corrected chi connectivity index (χ0v) is 3.63. The van der Waals surface area contributed by atoms with Crippen molar-refractivity contribution in [1.29, 1.82) is 0 Å². The molecule has 0 aromatic heterocycles.